The van der Waals surface area contributed by atoms with E-state index in [1.807, 2.05) is 25.5 Å². The van der Waals surface area contributed by atoms with Crippen molar-refractivity contribution in [3.63, 3.8) is 0 Å². The third kappa shape index (κ3) is 3.32. The Kier molecular flexibility index (Phi) is 4.77. The number of carbonyl (C=O) groups is 1. The Hall–Kier alpha value is -2.02. The standard InChI is InChI=1S/C18H19ClF3N3O/c1-10(2)16-23-14-9-25(7-6-15(14)24(16)3)17(26)12-5-4-11(19)8-13(12)18(20,21)22/h4-5,8,10H,6-7,9H2,1-3H3. The Morgan fingerprint density at radius 1 is 1.31 bits per heavy atom. The molecule has 1 aliphatic rings. The average molecular weight is 386 g/mol. The average Bonchev–Trinajstić information content (AvgIpc) is 2.90. The van der Waals surface area contributed by atoms with E-state index >= 15 is 0 Å². The molecule has 4 nitrogen and oxygen atoms in total. The Bertz CT molecular complexity index is 858. The van der Waals surface area contributed by atoms with Crippen molar-refractivity contribution in [2.24, 2.45) is 7.05 Å². The molecule has 0 fully saturated rings. The smallest absolute Gasteiger partial charge is 0.334 e. The van der Waals surface area contributed by atoms with Crippen molar-refractivity contribution in [1.82, 2.24) is 14.5 Å². The van der Waals surface area contributed by atoms with Crippen LogP contribution in [0.15, 0.2) is 18.2 Å². The third-order valence-electron chi connectivity index (χ3n) is 4.61. The summed E-state index contributed by atoms with van der Waals surface area (Å²) in [5, 5.41) is -0.0545. The molecule has 0 radical (unpaired) electrons. The van der Waals surface area contributed by atoms with Crippen LogP contribution >= 0.6 is 11.6 Å². The zero-order chi connectivity index (χ0) is 19.2. The monoisotopic (exact) mass is 385 g/mol. The number of halogens is 4. The highest BCUT2D eigenvalue weighted by molar-refractivity contribution is 6.30. The van der Waals surface area contributed by atoms with Gasteiger partial charge in [0, 0.05) is 36.6 Å². The van der Waals surface area contributed by atoms with Crippen molar-refractivity contribution in [3.8, 4) is 0 Å². The number of hydrogen-bond donors (Lipinski definition) is 0. The molecule has 3 rings (SSSR count). The molecule has 0 atom stereocenters. The molecule has 0 spiro atoms. The van der Waals surface area contributed by atoms with E-state index in [0.717, 1.165) is 29.3 Å². The lowest BCUT2D eigenvalue weighted by Gasteiger charge is -2.28. The summed E-state index contributed by atoms with van der Waals surface area (Å²) < 4.78 is 41.9. The summed E-state index contributed by atoms with van der Waals surface area (Å²) in [5.41, 5.74) is 0.387. The molecule has 2 heterocycles. The number of alkyl halides is 3. The van der Waals surface area contributed by atoms with Crippen LogP contribution in [-0.2, 0) is 26.2 Å². The molecule has 0 saturated carbocycles. The fourth-order valence-corrected chi connectivity index (χ4v) is 3.52. The minimum Gasteiger partial charge on any atom is -0.334 e. The highest BCUT2D eigenvalue weighted by atomic mass is 35.5. The van der Waals surface area contributed by atoms with Crippen LogP contribution in [0, 0.1) is 0 Å². The van der Waals surface area contributed by atoms with Crippen molar-refractivity contribution >= 4 is 17.5 Å². The molecule has 140 valence electrons. The van der Waals surface area contributed by atoms with Gasteiger partial charge in [-0.1, -0.05) is 25.4 Å². The number of benzene rings is 1. The van der Waals surface area contributed by atoms with Crippen molar-refractivity contribution in [3.05, 3.63) is 51.6 Å². The number of rotatable bonds is 2. The van der Waals surface area contributed by atoms with Gasteiger partial charge in [0.2, 0.25) is 0 Å². The molecule has 1 aliphatic heterocycles. The molecule has 0 saturated heterocycles. The fraction of sp³-hybridized carbons (Fsp3) is 0.444. The second-order valence-electron chi connectivity index (χ2n) is 6.74. The van der Waals surface area contributed by atoms with Gasteiger partial charge in [-0.05, 0) is 18.2 Å². The van der Waals surface area contributed by atoms with E-state index in [2.05, 4.69) is 4.98 Å². The SMILES string of the molecule is CC(C)c1nc2c(n1C)CCN(C(=O)c1ccc(Cl)cc1C(F)(F)F)C2. The van der Waals surface area contributed by atoms with Gasteiger partial charge < -0.3 is 9.47 Å². The maximum absolute atomic E-state index is 13.3. The number of fused-ring (bicyclic) bond motifs is 1. The van der Waals surface area contributed by atoms with Gasteiger partial charge in [0.25, 0.3) is 5.91 Å². The number of nitrogens with zero attached hydrogens (tertiary/aromatic N) is 3. The van der Waals surface area contributed by atoms with Crippen LogP contribution in [0.25, 0.3) is 0 Å². The van der Waals surface area contributed by atoms with Crippen LogP contribution in [0.4, 0.5) is 13.2 Å². The van der Waals surface area contributed by atoms with E-state index in [9.17, 15) is 18.0 Å². The van der Waals surface area contributed by atoms with Crippen molar-refractivity contribution in [1.29, 1.82) is 0 Å². The third-order valence-corrected chi connectivity index (χ3v) is 4.85. The molecule has 1 aromatic carbocycles. The fourth-order valence-electron chi connectivity index (χ4n) is 3.35. The summed E-state index contributed by atoms with van der Waals surface area (Å²) in [6, 6.07) is 3.24. The number of imidazole rings is 1. The summed E-state index contributed by atoms with van der Waals surface area (Å²) in [7, 11) is 1.93. The van der Waals surface area contributed by atoms with Gasteiger partial charge in [0.15, 0.2) is 0 Å². The van der Waals surface area contributed by atoms with Gasteiger partial charge in [0.1, 0.15) is 5.82 Å². The van der Waals surface area contributed by atoms with Gasteiger partial charge in [-0.25, -0.2) is 4.98 Å². The van der Waals surface area contributed by atoms with E-state index in [4.69, 9.17) is 11.6 Å². The van der Waals surface area contributed by atoms with Gasteiger partial charge >= 0.3 is 6.18 Å². The summed E-state index contributed by atoms with van der Waals surface area (Å²) in [6.07, 6.45) is -4.08. The van der Waals surface area contributed by atoms with E-state index in [0.29, 0.717) is 13.0 Å². The molecule has 0 aliphatic carbocycles. The molecule has 2 aromatic rings. The summed E-state index contributed by atoms with van der Waals surface area (Å²) in [4.78, 5) is 18.8. The maximum Gasteiger partial charge on any atom is 0.417 e. The predicted molar refractivity (Wildman–Crippen MR) is 92.2 cm³/mol. The second kappa shape index (κ2) is 6.61. The predicted octanol–water partition coefficient (Wildman–Crippen LogP) is 4.41. The second-order valence-corrected chi connectivity index (χ2v) is 7.18. The molecular weight excluding hydrogens is 367 g/mol. The topological polar surface area (TPSA) is 38.1 Å². The lowest BCUT2D eigenvalue weighted by Crippen LogP contribution is -2.37. The highest BCUT2D eigenvalue weighted by Crippen LogP contribution is 2.35. The van der Waals surface area contributed by atoms with Crippen molar-refractivity contribution in [2.45, 2.75) is 38.9 Å². The van der Waals surface area contributed by atoms with Gasteiger partial charge in [-0.15, -0.1) is 0 Å². The first-order valence-electron chi connectivity index (χ1n) is 8.30. The van der Waals surface area contributed by atoms with Crippen molar-refractivity contribution in [2.75, 3.05) is 6.54 Å². The van der Waals surface area contributed by atoms with Gasteiger partial charge in [-0.2, -0.15) is 13.2 Å². The van der Waals surface area contributed by atoms with E-state index in [1.54, 1.807) is 0 Å². The minimum atomic E-state index is -4.65. The number of aromatic nitrogens is 2. The summed E-state index contributed by atoms with van der Waals surface area (Å²) in [6.45, 7) is 4.61. The minimum absolute atomic E-state index is 0.0545. The molecule has 26 heavy (non-hydrogen) atoms. The number of hydrogen-bond acceptors (Lipinski definition) is 2. The quantitative estimate of drug-likeness (QED) is 0.767. The van der Waals surface area contributed by atoms with E-state index in [1.165, 1.54) is 11.0 Å². The first-order chi connectivity index (χ1) is 12.1. The van der Waals surface area contributed by atoms with Gasteiger partial charge in [-0.3, -0.25) is 4.79 Å². The Labute approximate surface area is 154 Å². The first kappa shape index (κ1) is 18.8. The van der Waals surface area contributed by atoms with Crippen LogP contribution in [0.2, 0.25) is 5.02 Å². The summed E-state index contributed by atoms with van der Waals surface area (Å²) >= 11 is 5.69. The van der Waals surface area contributed by atoms with Crippen LogP contribution in [0.5, 0.6) is 0 Å². The largest absolute Gasteiger partial charge is 0.417 e. The van der Waals surface area contributed by atoms with E-state index in [-0.39, 0.29) is 23.0 Å². The Morgan fingerprint density at radius 2 is 2.00 bits per heavy atom. The zero-order valence-electron chi connectivity index (χ0n) is 14.7. The normalized spacial score (nSPS) is 14.7. The Balaban J connectivity index is 1.93. The Morgan fingerprint density at radius 3 is 2.62 bits per heavy atom. The summed E-state index contributed by atoms with van der Waals surface area (Å²) in [5.74, 6) is 0.478. The van der Waals surface area contributed by atoms with Crippen LogP contribution in [0.3, 0.4) is 0 Å². The highest BCUT2D eigenvalue weighted by Gasteiger charge is 2.37. The first-order valence-corrected chi connectivity index (χ1v) is 8.67. The van der Waals surface area contributed by atoms with E-state index < -0.39 is 17.6 Å². The van der Waals surface area contributed by atoms with Crippen LogP contribution in [-0.4, -0.2) is 26.9 Å². The molecule has 0 N–H and O–H groups in total. The van der Waals surface area contributed by atoms with Crippen LogP contribution < -0.4 is 0 Å². The lowest BCUT2D eigenvalue weighted by atomic mass is 10.0. The number of carbonyl (C=O) groups excluding carboxylic acids is 1. The molecule has 0 unspecified atom stereocenters. The molecule has 1 amide bonds. The van der Waals surface area contributed by atoms with Gasteiger partial charge in [0.05, 0.1) is 23.4 Å². The van der Waals surface area contributed by atoms with Crippen molar-refractivity contribution < 1.29 is 18.0 Å². The lowest BCUT2D eigenvalue weighted by molar-refractivity contribution is -0.138. The number of amides is 1. The molecule has 8 heteroatoms. The molecule has 1 aromatic heterocycles. The maximum atomic E-state index is 13.3. The van der Waals surface area contributed by atoms with Crippen LogP contribution in [0.1, 0.15) is 52.9 Å². The zero-order valence-corrected chi connectivity index (χ0v) is 15.4. The molecule has 0 bridgehead atoms. The molecular formula is C18H19ClF3N3O.